The molecule has 1 saturated carbocycles. The predicted octanol–water partition coefficient (Wildman–Crippen LogP) is 5.77. The molecule has 3 heterocycles. The maximum atomic E-state index is 14.5. The van der Waals surface area contributed by atoms with Crippen LogP contribution in [-0.2, 0) is 42.9 Å². The van der Waals surface area contributed by atoms with Crippen LogP contribution in [0.3, 0.4) is 0 Å². The molecule has 13 heteroatoms. The Hall–Kier alpha value is -2.94. The summed E-state index contributed by atoms with van der Waals surface area (Å²) in [4.78, 5) is 57.9. The molecule has 14 atom stereocenters. The first kappa shape index (κ1) is 48.7. The number of cyclic esters (lactones) is 1. The average molecular weight is 832 g/mol. The van der Waals surface area contributed by atoms with Gasteiger partial charge in [0.2, 0.25) is 5.79 Å². The topological polar surface area (TPSA) is 178 Å². The van der Waals surface area contributed by atoms with Gasteiger partial charge < -0.3 is 43.9 Å². The number of carbonyl (C=O) groups excluding carboxylic acids is 4. The summed E-state index contributed by atoms with van der Waals surface area (Å²) in [5.74, 6) is -6.56. The van der Waals surface area contributed by atoms with Crippen molar-refractivity contribution in [1.82, 2.24) is 4.90 Å². The van der Waals surface area contributed by atoms with E-state index in [0.717, 1.165) is 12.0 Å². The van der Waals surface area contributed by atoms with Crippen LogP contribution in [0.1, 0.15) is 126 Å². The van der Waals surface area contributed by atoms with Crippen molar-refractivity contribution in [2.24, 2.45) is 29.6 Å². The fraction of sp³-hybridized carbons (Fsp3) is 0.783. The van der Waals surface area contributed by atoms with Crippen molar-refractivity contribution >= 4 is 23.4 Å². The van der Waals surface area contributed by atoms with Gasteiger partial charge in [-0.1, -0.05) is 65.3 Å². The van der Waals surface area contributed by atoms with Gasteiger partial charge in [-0.05, 0) is 88.5 Å². The number of carbonyl (C=O) groups is 4. The van der Waals surface area contributed by atoms with Gasteiger partial charge in [0.1, 0.15) is 30.1 Å². The number of aliphatic hydroxyl groups is 3. The number of nitrogens with zero attached hydrogens (tertiary/aromatic N) is 1. The van der Waals surface area contributed by atoms with E-state index in [9.17, 15) is 34.5 Å². The second-order valence-electron chi connectivity index (χ2n) is 18.0. The fourth-order valence-corrected chi connectivity index (χ4v) is 9.50. The highest BCUT2D eigenvalue weighted by atomic mass is 16.7. The molecule has 1 amide bonds. The van der Waals surface area contributed by atoms with Crippen LogP contribution in [0, 0.1) is 29.6 Å². The summed E-state index contributed by atoms with van der Waals surface area (Å²) in [6, 6.07) is -1.16. The van der Waals surface area contributed by atoms with E-state index in [1.54, 1.807) is 13.8 Å². The third-order valence-electron chi connectivity index (χ3n) is 13.5. The lowest BCUT2D eigenvalue weighted by molar-refractivity contribution is -0.302. The smallest absolute Gasteiger partial charge is 0.329 e. The van der Waals surface area contributed by atoms with E-state index >= 15 is 0 Å². The zero-order chi connectivity index (χ0) is 43.8. The molecule has 334 valence electrons. The van der Waals surface area contributed by atoms with Gasteiger partial charge in [-0.15, -0.1) is 0 Å². The Kier molecular flexibility index (Phi) is 17.9. The molecule has 3 N–H and O–H groups in total. The second-order valence-corrected chi connectivity index (χ2v) is 18.0. The lowest BCUT2D eigenvalue weighted by atomic mass is 9.81. The zero-order valence-corrected chi connectivity index (χ0v) is 37.0. The summed E-state index contributed by atoms with van der Waals surface area (Å²) in [5, 5.41) is 34.4. The van der Waals surface area contributed by atoms with Crippen molar-refractivity contribution in [2.75, 3.05) is 20.8 Å². The number of hydrogen-bond donors (Lipinski definition) is 3. The Morgan fingerprint density at radius 1 is 0.949 bits per heavy atom. The Morgan fingerprint density at radius 3 is 2.27 bits per heavy atom. The molecule has 0 aromatic carbocycles. The summed E-state index contributed by atoms with van der Waals surface area (Å²) < 4.78 is 30.3. The monoisotopic (exact) mass is 832 g/mol. The minimum absolute atomic E-state index is 0.0379. The van der Waals surface area contributed by atoms with Crippen molar-refractivity contribution in [3.05, 3.63) is 35.6 Å². The molecular formula is C46H73NO12. The largest absolute Gasteiger partial charge is 0.493 e. The Balaban J connectivity index is 1.75. The maximum absolute atomic E-state index is 14.5. The molecule has 3 fully saturated rings. The van der Waals surface area contributed by atoms with Gasteiger partial charge in [-0.2, -0.15) is 0 Å². The van der Waals surface area contributed by atoms with Crippen LogP contribution in [-0.4, -0.2) is 119 Å². The van der Waals surface area contributed by atoms with E-state index in [2.05, 4.69) is 6.58 Å². The third-order valence-corrected chi connectivity index (χ3v) is 13.5. The summed E-state index contributed by atoms with van der Waals surface area (Å²) in [6.07, 6.45) is 3.59. The molecule has 3 aliphatic heterocycles. The first-order valence-corrected chi connectivity index (χ1v) is 21.9. The van der Waals surface area contributed by atoms with Crippen molar-refractivity contribution in [2.45, 2.75) is 180 Å². The molecule has 0 aromatic heterocycles. The summed E-state index contributed by atoms with van der Waals surface area (Å²) in [5.41, 5.74) is 1.62. The number of amides is 1. The number of rotatable bonds is 8. The van der Waals surface area contributed by atoms with Crippen LogP contribution in [0.5, 0.6) is 0 Å². The maximum Gasteiger partial charge on any atom is 0.329 e. The van der Waals surface area contributed by atoms with Gasteiger partial charge in [-0.3, -0.25) is 14.4 Å². The van der Waals surface area contributed by atoms with E-state index in [1.165, 1.54) is 19.1 Å². The first-order valence-electron chi connectivity index (χ1n) is 21.9. The molecule has 0 spiro atoms. The molecule has 13 nitrogen and oxygen atoms in total. The molecule has 4 rings (SSSR count). The fourth-order valence-electron chi connectivity index (χ4n) is 9.50. The van der Waals surface area contributed by atoms with Crippen LogP contribution in [0.25, 0.3) is 0 Å². The number of piperidine rings is 1. The molecule has 2 bridgehead atoms. The van der Waals surface area contributed by atoms with Crippen molar-refractivity contribution < 1.29 is 58.2 Å². The molecule has 2 saturated heterocycles. The minimum Gasteiger partial charge on any atom is -0.493 e. The summed E-state index contributed by atoms with van der Waals surface area (Å²) >= 11 is 0. The van der Waals surface area contributed by atoms with E-state index in [0.29, 0.717) is 56.3 Å². The van der Waals surface area contributed by atoms with Gasteiger partial charge >= 0.3 is 5.97 Å². The van der Waals surface area contributed by atoms with E-state index in [-0.39, 0.29) is 55.8 Å². The minimum atomic E-state index is -2.51. The number of fused-ring (bicyclic) bond motifs is 3. The molecule has 14 unspecified atom stereocenters. The SMILES string of the molecule is C=C(CC)OC1CC(C=C(C)C2OC(=O)C3CC(CC)CCN3C(=O)C(=O)C3(O)OC(C(OC)CC(C)C/C(C)=C\CC(=O)CC(O)C2C)C(OC)CC3C)CCC1O. The zero-order valence-electron chi connectivity index (χ0n) is 37.0. The Labute approximate surface area is 351 Å². The van der Waals surface area contributed by atoms with Crippen molar-refractivity contribution in [1.29, 1.82) is 0 Å². The lowest BCUT2D eigenvalue weighted by Gasteiger charge is -2.47. The normalized spacial score (nSPS) is 39.9. The highest BCUT2D eigenvalue weighted by molar-refractivity contribution is 6.39. The molecule has 0 aromatic rings. The highest BCUT2D eigenvalue weighted by Crippen LogP contribution is 2.40. The molecule has 0 radical (unpaired) electrons. The lowest BCUT2D eigenvalue weighted by Crippen LogP contribution is -2.64. The number of aliphatic hydroxyl groups excluding tert-OH is 2. The van der Waals surface area contributed by atoms with Crippen LogP contribution in [0.2, 0.25) is 0 Å². The number of ether oxygens (including phenoxy) is 5. The van der Waals surface area contributed by atoms with Gasteiger partial charge in [0.25, 0.3) is 11.7 Å². The van der Waals surface area contributed by atoms with Crippen LogP contribution in [0.4, 0.5) is 0 Å². The number of Topliss-reactive ketones (excluding diaryl/α,β-unsaturated/α-hetero) is 2. The number of allylic oxidation sites excluding steroid dienone is 4. The Morgan fingerprint density at radius 2 is 1.63 bits per heavy atom. The van der Waals surface area contributed by atoms with Gasteiger partial charge in [-0.25, -0.2) is 4.79 Å². The van der Waals surface area contributed by atoms with Crippen LogP contribution >= 0.6 is 0 Å². The average Bonchev–Trinajstić information content (AvgIpc) is 3.21. The molecular weight excluding hydrogens is 759 g/mol. The quantitative estimate of drug-likeness (QED) is 0.117. The number of esters is 1. The van der Waals surface area contributed by atoms with Crippen molar-refractivity contribution in [3.63, 3.8) is 0 Å². The standard InChI is InChI=1S/C46H73NO12/c1-11-30(7)57-38-24-33(14-16-36(38)49)21-28(5)41-31(8)37(50)25-34(48)15-13-26(3)19-27(4)20-39(55-9)42-40(56-10)22-29(6)46(54,59-42)43(51)44(52)47-18-17-32(12-2)23-35(47)45(53)58-41/h13,21,27,29,31-33,35-42,49-50,54H,7,11-12,14-20,22-25H2,1-6,8-10H3/b26-13-,28-21?. The van der Waals surface area contributed by atoms with E-state index in [4.69, 9.17) is 23.7 Å². The predicted molar refractivity (Wildman–Crippen MR) is 222 cm³/mol. The summed E-state index contributed by atoms with van der Waals surface area (Å²) in [7, 11) is 3.06. The van der Waals surface area contributed by atoms with E-state index in [1.807, 2.05) is 46.8 Å². The summed E-state index contributed by atoms with van der Waals surface area (Å²) in [6.45, 7) is 17.1. The van der Waals surface area contributed by atoms with Crippen LogP contribution in [0.15, 0.2) is 35.6 Å². The second kappa shape index (κ2) is 21.7. The van der Waals surface area contributed by atoms with Gasteiger partial charge in [0.05, 0.1) is 30.2 Å². The first-order chi connectivity index (χ1) is 27.9. The number of ketones is 2. The third kappa shape index (κ3) is 12.1. The van der Waals surface area contributed by atoms with Gasteiger partial charge in [0, 0.05) is 51.9 Å². The van der Waals surface area contributed by atoms with Crippen LogP contribution < -0.4 is 0 Å². The number of hydrogen-bond acceptors (Lipinski definition) is 12. The molecule has 1 aliphatic carbocycles. The molecule has 4 aliphatic rings. The van der Waals surface area contributed by atoms with Gasteiger partial charge in [0.15, 0.2) is 0 Å². The molecule has 59 heavy (non-hydrogen) atoms. The Bertz CT molecular complexity index is 1540. The van der Waals surface area contributed by atoms with Crippen molar-refractivity contribution in [3.8, 4) is 0 Å². The van der Waals surface area contributed by atoms with E-state index < -0.39 is 84.1 Å². The highest BCUT2D eigenvalue weighted by Gasteiger charge is 2.57. The number of methoxy groups -OCH3 is 2.